The summed E-state index contributed by atoms with van der Waals surface area (Å²) in [6.07, 6.45) is 0.830. The van der Waals surface area contributed by atoms with Crippen LogP contribution in [0.5, 0.6) is 11.5 Å². The SMILES string of the molecule is CNC1SC2Cc3cc(Oc4ccc(Cl)cc4)ccc3C2(O)N1C. The summed E-state index contributed by atoms with van der Waals surface area (Å²) in [5.41, 5.74) is 1.32. The molecule has 0 spiro atoms. The maximum atomic E-state index is 11.3. The van der Waals surface area contributed by atoms with Crippen LogP contribution in [0.2, 0.25) is 5.02 Å². The second-order valence-electron chi connectivity index (χ2n) is 6.18. The van der Waals surface area contributed by atoms with Gasteiger partial charge in [-0.05, 0) is 62.5 Å². The molecule has 0 bridgehead atoms. The summed E-state index contributed by atoms with van der Waals surface area (Å²) in [7, 11) is 3.88. The highest BCUT2D eigenvalue weighted by molar-refractivity contribution is 8.00. The van der Waals surface area contributed by atoms with Gasteiger partial charge in [-0.1, -0.05) is 17.7 Å². The standard InChI is InChI=1S/C18H19ClN2O2S/c1-20-17-21(2)18(22)15-8-7-14(9-11(15)10-16(18)24-17)23-13-5-3-12(19)4-6-13/h3-9,16-17,20,22H,10H2,1-2H3. The molecule has 1 heterocycles. The lowest BCUT2D eigenvalue weighted by atomic mass is 10.0. The van der Waals surface area contributed by atoms with Gasteiger partial charge in [0.15, 0.2) is 5.72 Å². The summed E-state index contributed by atoms with van der Waals surface area (Å²) in [6.45, 7) is 0. The van der Waals surface area contributed by atoms with Crippen LogP contribution in [0.25, 0.3) is 0 Å². The third kappa shape index (κ3) is 2.43. The zero-order valence-electron chi connectivity index (χ0n) is 13.5. The second kappa shape index (κ2) is 5.93. The minimum Gasteiger partial charge on any atom is -0.457 e. The zero-order chi connectivity index (χ0) is 16.9. The highest BCUT2D eigenvalue weighted by Crippen LogP contribution is 2.53. The third-order valence-electron chi connectivity index (χ3n) is 4.81. The zero-order valence-corrected chi connectivity index (χ0v) is 15.1. The Kier molecular flexibility index (Phi) is 4.01. The molecule has 0 aromatic heterocycles. The largest absolute Gasteiger partial charge is 0.457 e. The molecule has 1 aliphatic carbocycles. The molecule has 1 fully saturated rings. The Morgan fingerprint density at radius 3 is 2.67 bits per heavy atom. The first-order valence-electron chi connectivity index (χ1n) is 7.87. The molecule has 24 heavy (non-hydrogen) atoms. The molecular formula is C18H19ClN2O2S. The van der Waals surface area contributed by atoms with Crippen molar-refractivity contribution < 1.29 is 9.84 Å². The molecule has 2 N–H and O–H groups in total. The predicted molar refractivity (Wildman–Crippen MR) is 97.6 cm³/mol. The second-order valence-corrected chi connectivity index (χ2v) is 7.91. The normalized spacial score (nSPS) is 28.7. The number of nitrogens with one attached hydrogen (secondary N) is 1. The fourth-order valence-corrected chi connectivity index (χ4v) is 5.24. The first-order chi connectivity index (χ1) is 11.5. The molecule has 126 valence electrons. The molecule has 1 saturated heterocycles. The lowest BCUT2D eigenvalue weighted by Crippen LogP contribution is -2.48. The van der Waals surface area contributed by atoms with Gasteiger partial charge in [0.25, 0.3) is 0 Å². The van der Waals surface area contributed by atoms with Gasteiger partial charge in [-0.25, -0.2) is 4.90 Å². The molecule has 0 radical (unpaired) electrons. The summed E-state index contributed by atoms with van der Waals surface area (Å²) in [4.78, 5) is 2.01. The van der Waals surface area contributed by atoms with Crippen molar-refractivity contribution in [2.75, 3.05) is 14.1 Å². The number of rotatable bonds is 3. The van der Waals surface area contributed by atoms with Crippen LogP contribution in [-0.4, -0.2) is 34.8 Å². The molecule has 6 heteroatoms. The van der Waals surface area contributed by atoms with Gasteiger partial charge in [0, 0.05) is 10.6 Å². The molecule has 4 nitrogen and oxygen atoms in total. The summed E-state index contributed by atoms with van der Waals surface area (Å²) in [5.74, 6) is 1.52. The number of ether oxygens (including phenoxy) is 1. The van der Waals surface area contributed by atoms with Gasteiger partial charge in [-0.3, -0.25) is 5.32 Å². The number of halogens is 1. The summed E-state index contributed by atoms with van der Waals surface area (Å²) >= 11 is 7.67. The average Bonchev–Trinajstić information content (AvgIpc) is 2.99. The van der Waals surface area contributed by atoms with Gasteiger partial charge in [0.2, 0.25) is 0 Å². The van der Waals surface area contributed by atoms with Crippen LogP contribution in [-0.2, 0) is 12.1 Å². The molecule has 2 aromatic carbocycles. The smallest absolute Gasteiger partial charge is 0.158 e. The van der Waals surface area contributed by atoms with Crippen LogP contribution in [0.3, 0.4) is 0 Å². The summed E-state index contributed by atoms with van der Waals surface area (Å²) in [6, 6.07) is 13.2. The van der Waals surface area contributed by atoms with E-state index in [1.807, 2.05) is 49.3 Å². The van der Waals surface area contributed by atoms with Crippen molar-refractivity contribution in [3.05, 3.63) is 58.6 Å². The maximum absolute atomic E-state index is 11.3. The van der Waals surface area contributed by atoms with E-state index in [4.69, 9.17) is 16.3 Å². The molecular weight excluding hydrogens is 344 g/mol. The highest BCUT2D eigenvalue weighted by Gasteiger charge is 2.56. The van der Waals surface area contributed by atoms with E-state index in [1.54, 1.807) is 23.9 Å². The van der Waals surface area contributed by atoms with Crippen molar-refractivity contribution in [3.8, 4) is 11.5 Å². The van der Waals surface area contributed by atoms with Gasteiger partial charge in [-0.2, -0.15) is 0 Å². The van der Waals surface area contributed by atoms with E-state index in [0.717, 1.165) is 29.0 Å². The lowest BCUT2D eigenvalue weighted by molar-refractivity contribution is -0.0923. The van der Waals surface area contributed by atoms with E-state index < -0.39 is 5.72 Å². The minimum absolute atomic E-state index is 0.123. The number of hydrogen-bond acceptors (Lipinski definition) is 5. The number of nitrogens with zero attached hydrogens (tertiary/aromatic N) is 1. The lowest BCUT2D eigenvalue weighted by Gasteiger charge is -2.33. The molecule has 3 unspecified atom stereocenters. The molecule has 0 saturated carbocycles. The van der Waals surface area contributed by atoms with Crippen molar-refractivity contribution in [2.45, 2.75) is 22.9 Å². The Morgan fingerprint density at radius 1 is 1.25 bits per heavy atom. The fourth-order valence-electron chi connectivity index (χ4n) is 3.56. The van der Waals surface area contributed by atoms with E-state index in [0.29, 0.717) is 5.02 Å². The van der Waals surface area contributed by atoms with E-state index >= 15 is 0 Å². The Morgan fingerprint density at radius 2 is 1.96 bits per heavy atom. The van der Waals surface area contributed by atoms with Crippen LogP contribution in [0.4, 0.5) is 0 Å². The number of fused-ring (bicyclic) bond motifs is 3. The Balaban J connectivity index is 1.62. The van der Waals surface area contributed by atoms with Crippen LogP contribution >= 0.6 is 23.4 Å². The van der Waals surface area contributed by atoms with E-state index in [-0.39, 0.29) is 10.7 Å². The molecule has 3 atom stereocenters. The van der Waals surface area contributed by atoms with E-state index in [9.17, 15) is 5.11 Å². The number of thioether (sulfide) groups is 1. The number of benzene rings is 2. The monoisotopic (exact) mass is 362 g/mol. The van der Waals surface area contributed by atoms with Crippen molar-refractivity contribution >= 4 is 23.4 Å². The van der Waals surface area contributed by atoms with Crippen molar-refractivity contribution in [1.82, 2.24) is 10.2 Å². The molecule has 2 aliphatic rings. The van der Waals surface area contributed by atoms with Crippen molar-refractivity contribution in [1.29, 1.82) is 0 Å². The third-order valence-corrected chi connectivity index (χ3v) is 6.69. The first kappa shape index (κ1) is 16.2. The summed E-state index contributed by atoms with van der Waals surface area (Å²) in [5, 5.41) is 15.3. The highest BCUT2D eigenvalue weighted by atomic mass is 35.5. The van der Waals surface area contributed by atoms with E-state index in [2.05, 4.69) is 5.32 Å². The van der Waals surface area contributed by atoms with E-state index in [1.165, 1.54) is 0 Å². The molecule has 2 aromatic rings. The first-order valence-corrected chi connectivity index (χ1v) is 9.19. The predicted octanol–water partition coefficient (Wildman–Crippen LogP) is 3.38. The maximum Gasteiger partial charge on any atom is 0.158 e. The Hall–Kier alpha value is -1.24. The van der Waals surface area contributed by atoms with Crippen molar-refractivity contribution in [2.24, 2.45) is 0 Å². The van der Waals surface area contributed by atoms with Gasteiger partial charge in [-0.15, -0.1) is 11.8 Å². The van der Waals surface area contributed by atoms with Gasteiger partial charge < -0.3 is 9.84 Å². The van der Waals surface area contributed by atoms with Crippen LogP contribution in [0.15, 0.2) is 42.5 Å². The molecule has 0 amide bonds. The Bertz CT molecular complexity index is 770. The van der Waals surface area contributed by atoms with Gasteiger partial charge >= 0.3 is 0 Å². The van der Waals surface area contributed by atoms with Gasteiger partial charge in [0.1, 0.15) is 17.0 Å². The topological polar surface area (TPSA) is 44.7 Å². The van der Waals surface area contributed by atoms with Crippen molar-refractivity contribution in [3.63, 3.8) is 0 Å². The average molecular weight is 363 g/mol. The summed E-state index contributed by atoms with van der Waals surface area (Å²) < 4.78 is 5.91. The number of aliphatic hydroxyl groups is 1. The minimum atomic E-state index is -0.924. The number of hydrogen-bond donors (Lipinski definition) is 2. The fraction of sp³-hybridized carbons (Fsp3) is 0.333. The van der Waals surface area contributed by atoms with Crippen LogP contribution in [0.1, 0.15) is 11.1 Å². The molecule has 1 aliphatic heterocycles. The molecule has 4 rings (SSSR count). The van der Waals surface area contributed by atoms with Crippen LogP contribution in [0, 0.1) is 0 Å². The quantitative estimate of drug-likeness (QED) is 0.876. The van der Waals surface area contributed by atoms with Crippen LogP contribution < -0.4 is 10.1 Å². The Labute approximate surface area is 150 Å². The van der Waals surface area contributed by atoms with Gasteiger partial charge in [0.05, 0.1) is 5.25 Å².